The zero-order chi connectivity index (χ0) is 15.2. The molecule has 1 unspecified atom stereocenters. The molecule has 1 heterocycles. The van der Waals surface area contributed by atoms with Gasteiger partial charge < -0.3 is 15.5 Å². The van der Waals surface area contributed by atoms with Crippen molar-refractivity contribution < 1.29 is 0 Å². The molecule has 120 valence electrons. The first-order valence-electron chi connectivity index (χ1n) is 8.65. The summed E-state index contributed by atoms with van der Waals surface area (Å²) in [7, 11) is 0. The van der Waals surface area contributed by atoms with Crippen LogP contribution in [0.25, 0.3) is 0 Å². The van der Waals surface area contributed by atoms with Crippen LogP contribution in [0.2, 0.25) is 0 Å². The third-order valence-corrected chi connectivity index (χ3v) is 4.55. The molecule has 2 N–H and O–H groups in total. The Bertz CT molecular complexity index is 481. The van der Waals surface area contributed by atoms with E-state index < -0.39 is 0 Å². The Kier molecular flexibility index (Phi) is 5.33. The highest BCUT2D eigenvalue weighted by Gasteiger charge is 2.34. The van der Waals surface area contributed by atoms with Gasteiger partial charge >= 0.3 is 0 Å². The predicted octanol–water partition coefficient (Wildman–Crippen LogP) is 2.23. The van der Waals surface area contributed by atoms with Crippen LogP contribution < -0.4 is 10.6 Å². The van der Waals surface area contributed by atoms with Crippen molar-refractivity contribution in [2.45, 2.75) is 38.8 Å². The van der Waals surface area contributed by atoms with Gasteiger partial charge in [0.1, 0.15) is 0 Å². The first kappa shape index (κ1) is 15.3. The maximum Gasteiger partial charge on any atom is 0.191 e. The van der Waals surface area contributed by atoms with Crippen molar-refractivity contribution in [3.05, 3.63) is 35.9 Å². The van der Waals surface area contributed by atoms with Crippen LogP contribution >= 0.6 is 0 Å². The summed E-state index contributed by atoms with van der Waals surface area (Å²) in [5.74, 6) is 1.71. The molecule has 2 aliphatic rings. The van der Waals surface area contributed by atoms with E-state index >= 15 is 0 Å². The second-order valence-corrected chi connectivity index (χ2v) is 6.44. The summed E-state index contributed by atoms with van der Waals surface area (Å²) in [6.45, 7) is 7.33. The topological polar surface area (TPSA) is 39.7 Å². The third-order valence-electron chi connectivity index (χ3n) is 4.55. The molecule has 0 bridgehead atoms. The van der Waals surface area contributed by atoms with Crippen LogP contribution in [-0.4, -0.2) is 43.1 Å². The summed E-state index contributed by atoms with van der Waals surface area (Å²) < 4.78 is 0. The Hall–Kier alpha value is -1.55. The van der Waals surface area contributed by atoms with Gasteiger partial charge in [0.05, 0.1) is 6.54 Å². The number of aliphatic imine (C=N–C) groups is 1. The minimum atomic E-state index is 0.731. The van der Waals surface area contributed by atoms with Gasteiger partial charge in [-0.1, -0.05) is 30.3 Å². The minimum Gasteiger partial charge on any atom is -0.357 e. The number of likely N-dealkylation sites (tertiary alicyclic amines) is 1. The highest BCUT2D eigenvalue weighted by molar-refractivity contribution is 5.79. The summed E-state index contributed by atoms with van der Waals surface area (Å²) in [6.07, 6.45) is 4.16. The number of nitrogens with one attached hydrogen (secondary N) is 2. The van der Waals surface area contributed by atoms with E-state index in [1.807, 2.05) is 6.07 Å². The molecule has 4 nitrogen and oxygen atoms in total. The highest BCUT2D eigenvalue weighted by Crippen LogP contribution is 2.31. The number of guanidine groups is 1. The van der Waals surface area contributed by atoms with Gasteiger partial charge in [0.25, 0.3) is 0 Å². The Labute approximate surface area is 134 Å². The maximum atomic E-state index is 4.69. The summed E-state index contributed by atoms with van der Waals surface area (Å²) in [5.41, 5.74) is 1.25. The molecule has 1 aromatic rings. The van der Waals surface area contributed by atoms with E-state index in [1.54, 1.807) is 0 Å². The fraction of sp³-hybridized carbons (Fsp3) is 0.611. The second kappa shape index (κ2) is 7.63. The fourth-order valence-electron chi connectivity index (χ4n) is 3.14. The standard InChI is InChI=1S/C18H28N4/c1-2-19-18(20-12-15-6-4-3-5-7-15)21-13-16-10-11-22(14-16)17-8-9-17/h3-7,16-17H,2,8-14H2,1H3,(H2,19,20,21). The SMILES string of the molecule is CCNC(=NCc1ccccc1)NCC1CCN(C2CC2)C1. The van der Waals surface area contributed by atoms with E-state index in [2.05, 4.69) is 46.7 Å². The van der Waals surface area contributed by atoms with Crippen molar-refractivity contribution in [3.63, 3.8) is 0 Å². The number of hydrogen-bond acceptors (Lipinski definition) is 2. The summed E-state index contributed by atoms with van der Waals surface area (Å²) in [4.78, 5) is 7.36. The first-order chi connectivity index (χ1) is 10.8. The molecular formula is C18H28N4. The average Bonchev–Trinajstić information content (AvgIpc) is 3.30. The van der Waals surface area contributed by atoms with Gasteiger partial charge in [-0.05, 0) is 44.2 Å². The molecule has 3 rings (SSSR count). The molecule has 1 aliphatic carbocycles. The van der Waals surface area contributed by atoms with Crippen LogP contribution in [0, 0.1) is 5.92 Å². The lowest BCUT2D eigenvalue weighted by Crippen LogP contribution is -2.40. The fourth-order valence-corrected chi connectivity index (χ4v) is 3.14. The van der Waals surface area contributed by atoms with Crippen molar-refractivity contribution in [1.82, 2.24) is 15.5 Å². The Morgan fingerprint density at radius 2 is 2.00 bits per heavy atom. The maximum absolute atomic E-state index is 4.69. The van der Waals surface area contributed by atoms with Crippen LogP contribution in [0.4, 0.5) is 0 Å². The van der Waals surface area contributed by atoms with E-state index in [1.165, 1.54) is 37.9 Å². The molecule has 1 aromatic carbocycles. The number of nitrogens with zero attached hydrogens (tertiary/aromatic N) is 2. The van der Waals surface area contributed by atoms with E-state index in [0.29, 0.717) is 0 Å². The molecular weight excluding hydrogens is 272 g/mol. The molecule has 0 aromatic heterocycles. The van der Waals surface area contributed by atoms with Gasteiger partial charge in [0.2, 0.25) is 0 Å². The lowest BCUT2D eigenvalue weighted by Gasteiger charge is -2.17. The first-order valence-corrected chi connectivity index (χ1v) is 8.65. The summed E-state index contributed by atoms with van der Waals surface area (Å²) in [5, 5.41) is 6.87. The van der Waals surface area contributed by atoms with Gasteiger partial charge in [-0.3, -0.25) is 0 Å². The van der Waals surface area contributed by atoms with Crippen LogP contribution in [0.5, 0.6) is 0 Å². The Morgan fingerprint density at radius 1 is 1.18 bits per heavy atom. The predicted molar refractivity (Wildman–Crippen MR) is 92.0 cm³/mol. The molecule has 0 radical (unpaired) electrons. The second-order valence-electron chi connectivity index (χ2n) is 6.44. The van der Waals surface area contributed by atoms with Gasteiger partial charge in [-0.25, -0.2) is 4.99 Å². The number of rotatable bonds is 6. The monoisotopic (exact) mass is 300 g/mol. The molecule has 4 heteroatoms. The summed E-state index contributed by atoms with van der Waals surface area (Å²) >= 11 is 0. The van der Waals surface area contributed by atoms with Crippen LogP contribution in [-0.2, 0) is 6.54 Å². The average molecular weight is 300 g/mol. The third kappa shape index (κ3) is 4.47. The minimum absolute atomic E-state index is 0.731. The number of benzene rings is 1. The van der Waals surface area contributed by atoms with Crippen molar-refractivity contribution in [2.75, 3.05) is 26.2 Å². The van der Waals surface area contributed by atoms with Crippen molar-refractivity contribution in [1.29, 1.82) is 0 Å². The molecule has 1 saturated heterocycles. The smallest absolute Gasteiger partial charge is 0.191 e. The van der Waals surface area contributed by atoms with Crippen LogP contribution in [0.3, 0.4) is 0 Å². The van der Waals surface area contributed by atoms with Crippen LogP contribution in [0.1, 0.15) is 31.7 Å². The molecule has 0 amide bonds. The Balaban J connectivity index is 1.46. The Morgan fingerprint density at radius 3 is 2.73 bits per heavy atom. The largest absolute Gasteiger partial charge is 0.357 e. The zero-order valence-corrected chi connectivity index (χ0v) is 13.6. The van der Waals surface area contributed by atoms with E-state index in [9.17, 15) is 0 Å². The van der Waals surface area contributed by atoms with Gasteiger partial charge in [-0.15, -0.1) is 0 Å². The molecule has 1 saturated carbocycles. The normalized spacial score (nSPS) is 22.8. The quantitative estimate of drug-likeness (QED) is 0.625. The van der Waals surface area contributed by atoms with Gasteiger partial charge in [0.15, 0.2) is 5.96 Å². The lowest BCUT2D eigenvalue weighted by atomic mass is 10.1. The van der Waals surface area contributed by atoms with Crippen molar-refractivity contribution >= 4 is 5.96 Å². The molecule has 1 aliphatic heterocycles. The van der Waals surface area contributed by atoms with Gasteiger partial charge in [0, 0.05) is 25.7 Å². The molecule has 2 fully saturated rings. The number of hydrogen-bond donors (Lipinski definition) is 2. The van der Waals surface area contributed by atoms with Crippen molar-refractivity contribution in [2.24, 2.45) is 10.9 Å². The molecule has 1 atom stereocenters. The van der Waals surface area contributed by atoms with E-state index in [0.717, 1.165) is 37.6 Å². The van der Waals surface area contributed by atoms with E-state index in [-0.39, 0.29) is 0 Å². The van der Waals surface area contributed by atoms with Crippen molar-refractivity contribution in [3.8, 4) is 0 Å². The zero-order valence-electron chi connectivity index (χ0n) is 13.6. The van der Waals surface area contributed by atoms with Gasteiger partial charge in [-0.2, -0.15) is 0 Å². The van der Waals surface area contributed by atoms with Crippen LogP contribution in [0.15, 0.2) is 35.3 Å². The molecule has 22 heavy (non-hydrogen) atoms. The summed E-state index contributed by atoms with van der Waals surface area (Å²) in [6, 6.07) is 11.3. The van der Waals surface area contributed by atoms with E-state index in [4.69, 9.17) is 4.99 Å². The highest BCUT2D eigenvalue weighted by atomic mass is 15.2. The molecule has 0 spiro atoms. The lowest BCUT2D eigenvalue weighted by molar-refractivity contribution is 0.314.